The molecule has 3 rings (SSSR count). The maximum Gasteiger partial charge on any atom is 0.267 e. The van der Waals surface area contributed by atoms with Crippen molar-refractivity contribution in [1.82, 2.24) is 24.5 Å². The Morgan fingerprint density at radius 2 is 1.96 bits per heavy atom. The summed E-state index contributed by atoms with van der Waals surface area (Å²) in [5.74, 6) is -0.0537. The maximum absolute atomic E-state index is 12.2. The third kappa shape index (κ3) is 3.53. The molecule has 0 unspecified atom stereocenters. The third-order valence-corrected chi connectivity index (χ3v) is 5.13. The van der Waals surface area contributed by atoms with Gasteiger partial charge in [-0.25, -0.2) is 17.8 Å². The molecule has 24 heavy (non-hydrogen) atoms. The van der Waals surface area contributed by atoms with E-state index in [1.54, 1.807) is 25.2 Å². The highest BCUT2D eigenvalue weighted by Gasteiger charge is 2.18. The van der Waals surface area contributed by atoms with Crippen molar-refractivity contribution in [2.75, 3.05) is 4.72 Å². The van der Waals surface area contributed by atoms with Crippen LogP contribution in [0.25, 0.3) is 0 Å². The molecule has 3 aromatic rings. The van der Waals surface area contributed by atoms with Crippen LogP contribution < -0.4 is 4.72 Å². The summed E-state index contributed by atoms with van der Waals surface area (Å²) in [6.07, 6.45) is 4.01. The Kier molecular flexibility index (Phi) is 4.48. The van der Waals surface area contributed by atoms with Crippen LogP contribution in [0.3, 0.4) is 0 Å². The van der Waals surface area contributed by atoms with Crippen molar-refractivity contribution in [3.05, 3.63) is 52.5 Å². The van der Waals surface area contributed by atoms with Crippen LogP contribution in [0.2, 0.25) is 10.0 Å². The molecule has 0 saturated carbocycles. The second kappa shape index (κ2) is 6.42. The molecule has 0 fully saturated rings. The Morgan fingerprint density at radius 1 is 1.25 bits per heavy atom. The van der Waals surface area contributed by atoms with Crippen LogP contribution >= 0.6 is 23.2 Å². The van der Waals surface area contributed by atoms with Gasteiger partial charge in [0.1, 0.15) is 11.2 Å². The van der Waals surface area contributed by atoms with E-state index in [0.717, 1.165) is 0 Å². The molecule has 0 amide bonds. The van der Waals surface area contributed by atoms with Gasteiger partial charge in [0, 0.05) is 28.9 Å². The molecule has 11 heteroatoms. The number of rotatable bonds is 5. The first kappa shape index (κ1) is 16.7. The summed E-state index contributed by atoms with van der Waals surface area (Å²) < 4.78 is 29.5. The van der Waals surface area contributed by atoms with E-state index in [1.165, 1.54) is 28.1 Å². The molecule has 1 N–H and O–H groups in total. The van der Waals surface area contributed by atoms with Crippen LogP contribution in [0, 0.1) is 0 Å². The fraction of sp³-hybridized carbons (Fsp3) is 0.154. The van der Waals surface area contributed by atoms with Crippen molar-refractivity contribution in [2.45, 2.75) is 11.4 Å². The summed E-state index contributed by atoms with van der Waals surface area (Å²) in [5.41, 5.74) is 0.674. The average Bonchev–Trinajstić information content (AvgIpc) is 3.12. The first-order chi connectivity index (χ1) is 11.3. The lowest BCUT2D eigenvalue weighted by Gasteiger charge is -2.06. The molecule has 8 nitrogen and oxygen atoms in total. The second-order valence-corrected chi connectivity index (χ2v) is 7.42. The van der Waals surface area contributed by atoms with Gasteiger partial charge >= 0.3 is 0 Å². The minimum atomic E-state index is -3.79. The van der Waals surface area contributed by atoms with Gasteiger partial charge in [0.2, 0.25) is 0 Å². The fourth-order valence-corrected chi connectivity index (χ4v) is 3.43. The van der Waals surface area contributed by atoms with E-state index in [1.807, 2.05) is 0 Å². The Hall–Kier alpha value is -2.10. The van der Waals surface area contributed by atoms with Gasteiger partial charge in [-0.3, -0.25) is 4.68 Å². The minimum absolute atomic E-state index is 0.0236. The maximum atomic E-state index is 12.2. The van der Waals surface area contributed by atoms with Crippen molar-refractivity contribution >= 4 is 39.2 Å². The number of sulfonamides is 1. The molecule has 2 heterocycles. The summed E-state index contributed by atoms with van der Waals surface area (Å²) in [6.45, 7) is 0.264. The quantitative estimate of drug-likeness (QED) is 0.724. The van der Waals surface area contributed by atoms with Crippen LogP contribution in [0.4, 0.5) is 5.95 Å². The number of aryl methyl sites for hydroxylation is 1. The van der Waals surface area contributed by atoms with Crippen molar-refractivity contribution < 1.29 is 8.42 Å². The largest absolute Gasteiger partial charge is 0.274 e. The van der Waals surface area contributed by atoms with Gasteiger partial charge in [-0.2, -0.15) is 10.1 Å². The zero-order chi connectivity index (χ0) is 17.3. The van der Waals surface area contributed by atoms with Crippen LogP contribution in [0.1, 0.15) is 5.56 Å². The molecule has 0 saturated heterocycles. The number of anilines is 1. The number of aromatic nitrogens is 5. The number of hydrogen-bond acceptors (Lipinski definition) is 5. The molecule has 0 bridgehead atoms. The molecule has 2 aromatic heterocycles. The second-order valence-electron chi connectivity index (χ2n) is 4.92. The van der Waals surface area contributed by atoms with E-state index in [9.17, 15) is 8.42 Å². The highest BCUT2D eigenvalue weighted by Crippen LogP contribution is 2.25. The fourth-order valence-electron chi connectivity index (χ4n) is 1.98. The van der Waals surface area contributed by atoms with E-state index in [-0.39, 0.29) is 17.4 Å². The van der Waals surface area contributed by atoms with E-state index < -0.39 is 10.0 Å². The SMILES string of the molecule is Cn1cc(S(=O)(=O)Nc2ncn(Cc3c(Cl)cccc3Cl)n2)cn1. The summed E-state index contributed by atoms with van der Waals surface area (Å²) >= 11 is 12.2. The lowest BCUT2D eigenvalue weighted by atomic mass is 10.2. The molecule has 126 valence electrons. The van der Waals surface area contributed by atoms with Crippen molar-refractivity contribution in [1.29, 1.82) is 0 Å². The predicted octanol–water partition coefficient (Wildman–Crippen LogP) is 2.17. The number of halogens is 2. The summed E-state index contributed by atoms with van der Waals surface area (Å²) in [6, 6.07) is 5.17. The van der Waals surface area contributed by atoms with Gasteiger partial charge in [-0.1, -0.05) is 29.3 Å². The van der Waals surface area contributed by atoms with E-state index >= 15 is 0 Å². The zero-order valence-corrected chi connectivity index (χ0v) is 14.7. The van der Waals surface area contributed by atoms with Crippen LogP contribution in [0.5, 0.6) is 0 Å². The lowest BCUT2D eigenvalue weighted by molar-refractivity contribution is 0.600. The molecule has 0 atom stereocenters. The van der Waals surface area contributed by atoms with Gasteiger partial charge in [-0.15, -0.1) is 5.10 Å². The monoisotopic (exact) mass is 386 g/mol. The Labute approximate surface area is 148 Å². The zero-order valence-electron chi connectivity index (χ0n) is 12.4. The van der Waals surface area contributed by atoms with E-state index in [2.05, 4.69) is 19.9 Å². The number of hydrogen-bond donors (Lipinski definition) is 1. The minimum Gasteiger partial charge on any atom is -0.274 e. The average molecular weight is 387 g/mol. The number of nitrogens with one attached hydrogen (secondary N) is 1. The van der Waals surface area contributed by atoms with Crippen molar-refractivity contribution in [3.63, 3.8) is 0 Å². The standard InChI is InChI=1S/C13H12Cl2N6O2S/c1-20-6-9(5-17-20)24(22,23)19-13-16-8-21(18-13)7-10-11(14)3-2-4-12(10)15/h2-6,8H,7H2,1H3,(H,18,19). The molecule has 0 aliphatic heterocycles. The summed E-state index contributed by atoms with van der Waals surface area (Å²) in [5, 5.41) is 8.89. The van der Waals surface area contributed by atoms with Crippen LogP contribution in [0.15, 0.2) is 41.8 Å². The van der Waals surface area contributed by atoms with E-state index in [4.69, 9.17) is 23.2 Å². The van der Waals surface area contributed by atoms with Crippen LogP contribution in [-0.2, 0) is 23.6 Å². The predicted molar refractivity (Wildman–Crippen MR) is 89.6 cm³/mol. The number of benzene rings is 1. The normalized spacial score (nSPS) is 11.6. The molecule has 0 aliphatic carbocycles. The molecule has 0 spiro atoms. The van der Waals surface area contributed by atoms with Gasteiger partial charge in [0.25, 0.3) is 16.0 Å². The Balaban J connectivity index is 1.79. The van der Waals surface area contributed by atoms with Gasteiger partial charge in [0.15, 0.2) is 0 Å². The molecule has 1 aromatic carbocycles. The van der Waals surface area contributed by atoms with Crippen molar-refractivity contribution in [3.8, 4) is 0 Å². The smallest absolute Gasteiger partial charge is 0.267 e. The first-order valence-electron chi connectivity index (χ1n) is 6.69. The Bertz CT molecular complexity index is 962. The van der Waals surface area contributed by atoms with Crippen LogP contribution in [-0.4, -0.2) is 33.0 Å². The number of nitrogens with zero attached hydrogens (tertiary/aromatic N) is 5. The van der Waals surface area contributed by atoms with Crippen molar-refractivity contribution in [2.24, 2.45) is 7.05 Å². The Morgan fingerprint density at radius 3 is 2.58 bits per heavy atom. The van der Waals surface area contributed by atoms with E-state index in [0.29, 0.717) is 15.6 Å². The van der Waals surface area contributed by atoms with Gasteiger partial charge in [-0.05, 0) is 12.1 Å². The first-order valence-corrected chi connectivity index (χ1v) is 8.93. The summed E-state index contributed by atoms with van der Waals surface area (Å²) in [4.78, 5) is 3.96. The third-order valence-electron chi connectivity index (χ3n) is 3.14. The highest BCUT2D eigenvalue weighted by atomic mass is 35.5. The summed E-state index contributed by atoms with van der Waals surface area (Å²) in [7, 11) is -2.17. The molecule has 0 aliphatic rings. The highest BCUT2D eigenvalue weighted by molar-refractivity contribution is 7.92. The topological polar surface area (TPSA) is 94.7 Å². The lowest BCUT2D eigenvalue weighted by Crippen LogP contribution is -2.14. The van der Waals surface area contributed by atoms with Gasteiger partial charge in [0.05, 0.1) is 12.7 Å². The molecule has 0 radical (unpaired) electrons. The molecular weight excluding hydrogens is 375 g/mol. The van der Waals surface area contributed by atoms with Gasteiger partial charge < -0.3 is 0 Å². The molecular formula is C13H12Cl2N6O2S.